The maximum atomic E-state index is 6.15. The van der Waals surface area contributed by atoms with Crippen LogP contribution in [0.15, 0.2) is 40.0 Å². The van der Waals surface area contributed by atoms with Crippen molar-refractivity contribution >= 4 is 5.96 Å². The Kier molecular flexibility index (Phi) is 6.71. The highest BCUT2D eigenvalue weighted by Crippen LogP contribution is 2.32. The average Bonchev–Trinajstić information content (AvgIpc) is 3.28. The Balaban J connectivity index is 1.46. The fourth-order valence-electron chi connectivity index (χ4n) is 3.02. The van der Waals surface area contributed by atoms with Gasteiger partial charge in [-0.3, -0.25) is 0 Å². The Hall–Kier alpha value is -1.83. The molecule has 144 valence electrons. The molecule has 0 amide bonds. The molecular weight excluding hydrogens is 334 g/mol. The molecule has 2 aliphatic heterocycles. The van der Waals surface area contributed by atoms with E-state index in [0.29, 0.717) is 32.9 Å². The SMILES string of the molecule is C=C(C)CN=C(NCCc1ccco1)NCC1COC2(CCOCC2)O1. The molecule has 3 rings (SSSR count). The third kappa shape index (κ3) is 5.59. The van der Waals surface area contributed by atoms with E-state index in [1.165, 1.54) is 0 Å². The molecule has 0 radical (unpaired) electrons. The molecule has 2 aliphatic rings. The molecule has 1 unspecified atom stereocenters. The van der Waals surface area contributed by atoms with Crippen LogP contribution in [-0.4, -0.2) is 57.3 Å². The molecule has 7 nitrogen and oxygen atoms in total. The van der Waals surface area contributed by atoms with Crippen LogP contribution in [0.1, 0.15) is 25.5 Å². The van der Waals surface area contributed by atoms with E-state index in [1.807, 2.05) is 19.1 Å². The monoisotopic (exact) mass is 363 g/mol. The predicted molar refractivity (Wildman–Crippen MR) is 99.1 cm³/mol. The van der Waals surface area contributed by atoms with E-state index in [1.54, 1.807) is 6.26 Å². The zero-order valence-electron chi connectivity index (χ0n) is 15.5. The van der Waals surface area contributed by atoms with Crippen LogP contribution in [0, 0.1) is 0 Å². The molecular formula is C19H29N3O4. The van der Waals surface area contributed by atoms with Crippen molar-refractivity contribution in [1.82, 2.24) is 10.6 Å². The Labute approximate surface area is 154 Å². The van der Waals surface area contributed by atoms with Crippen LogP contribution in [0.3, 0.4) is 0 Å². The van der Waals surface area contributed by atoms with Gasteiger partial charge in [0, 0.05) is 32.4 Å². The summed E-state index contributed by atoms with van der Waals surface area (Å²) in [6.45, 7) is 9.81. The Morgan fingerprint density at radius 2 is 2.19 bits per heavy atom. The zero-order chi connectivity index (χ0) is 18.2. The Morgan fingerprint density at radius 3 is 2.92 bits per heavy atom. The number of rotatable bonds is 7. The van der Waals surface area contributed by atoms with Crippen molar-refractivity contribution < 1.29 is 18.6 Å². The quantitative estimate of drug-likeness (QED) is 0.437. The molecule has 1 aromatic rings. The fourth-order valence-corrected chi connectivity index (χ4v) is 3.02. The average molecular weight is 363 g/mol. The van der Waals surface area contributed by atoms with Crippen LogP contribution in [0.5, 0.6) is 0 Å². The van der Waals surface area contributed by atoms with Gasteiger partial charge in [-0.1, -0.05) is 12.2 Å². The minimum atomic E-state index is -0.452. The molecule has 26 heavy (non-hydrogen) atoms. The summed E-state index contributed by atoms with van der Waals surface area (Å²) in [6.07, 6.45) is 4.08. The first-order valence-electron chi connectivity index (χ1n) is 9.24. The number of hydrogen-bond donors (Lipinski definition) is 2. The van der Waals surface area contributed by atoms with Gasteiger partial charge in [0.05, 0.1) is 32.6 Å². The third-order valence-corrected chi connectivity index (χ3v) is 4.42. The van der Waals surface area contributed by atoms with E-state index in [4.69, 9.17) is 18.6 Å². The maximum Gasteiger partial charge on any atom is 0.191 e. The van der Waals surface area contributed by atoms with Gasteiger partial charge in [0.25, 0.3) is 0 Å². The van der Waals surface area contributed by atoms with Gasteiger partial charge in [-0.25, -0.2) is 4.99 Å². The Bertz CT molecular complexity index is 594. The lowest BCUT2D eigenvalue weighted by Gasteiger charge is -2.31. The summed E-state index contributed by atoms with van der Waals surface area (Å²) in [7, 11) is 0. The van der Waals surface area contributed by atoms with Gasteiger partial charge in [-0.15, -0.1) is 0 Å². The number of nitrogens with zero attached hydrogens (tertiary/aromatic N) is 1. The number of aliphatic imine (C=N–C) groups is 1. The molecule has 0 aromatic carbocycles. The van der Waals surface area contributed by atoms with Crippen molar-refractivity contribution in [2.24, 2.45) is 4.99 Å². The summed E-state index contributed by atoms with van der Waals surface area (Å²) in [4.78, 5) is 4.55. The van der Waals surface area contributed by atoms with Gasteiger partial charge in [0.2, 0.25) is 0 Å². The molecule has 3 heterocycles. The number of guanidine groups is 1. The lowest BCUT2D eigenvalue weighted by atomic mass is 10.1. The van der Waals surface area contributed by atoms with Crippen molar-refractivity contribution in [3.05, 3.63) is 36.3 Å². The highest BCUT2D eigenvalue weighted by atomic mass is 16.7. The maximum absolute atomic E-state index is 6.15. The second-order valence-electron chi connectivity index (χ2n) is 6.83. The number of ether oxygens (including phenoxy) is 3. The molecule has 2 fully saturated rings. The van der Waals surface area contributed by atoms with Crippen LogP contribution in [0.4, 0.5) is 0 Å². The van der Waals surface area contributed by atoms with E-state index >= 15 is 0 Å². The summed E-state index contributed by atoms with van der Waals surface area (Å²) in [5, 5.41) is 6.68. The number of hydrogen-bond acceptors (Lipinski definition) is 5. The largest absolute Gasteiger partial charge is 0.469 e. The fraction of sp³-hybridized carbons (Fsp3) is 0.632. The van der Waals surface area contributed by atoms with Gasteiger partial charge in [-0.2, -0.15) is 0 Å². The van der Waals surface area contributed by atoms with Crippen molar-refractivity contribution in [2.75, 3.05) is 39.5 Å². The standard InChI is InChI=1S/C19H29N3O4/c1-15(2)12-21-18(20-8-5-16-4-3-9-24-16)22-13-17-14-25-19(26-17)6-10-23-11-7-19/h3-4,9,17H,1,5-8,10-14H2,2H3,(H2,20,21,22). The summed E-state index contributed by atoms with van der Waals surface area (Å²) < 4.78 is 22.8. The molecule has 1 spiro atoms. The van der Waals surface area contributed by atoms with Crippen molar-refractivity contribution in [3.63, 3.8) is 0 Å². The number of furan rings is 1. The molecule has 0 aliphatic carbocycles. The van der Waals surface area contributed by atoms with E-state index in [9.17, 15) is 0 Å². The van der Waals surface area contributed by atoms with Crippen LogP contribution >= 0.6 is 0 Å². The summed E-state index contributed by atoms with van der Waals surface area (Å²) in [5.74, 6) is 1.24. The second-order valence-corrected chi connectivity index (χ2v) is 6.83. The van der Waals surface area contributed by atoms with E-state index < -0.39 is 5.79 Å². The van der Waals surface area contributed by atoms with E-state index in [-0.39, 0.29) is 6.10 Å². The minimum Gasteiger partial charge on any atom is -0.469 e. The summed E-state index contributed by atoms with van der Waals surface area (Å²) in [5.41, 5.74) is 1.01. The topological polar surface area (TPSA) is 77.3 Å². The molecule has 2 saturated heterocycles. The third-order valence-electron chi connectivity index (χ3n) is 4.42. The molecule has 0 bridgehead atoms. The van der Waals surface area contributed by atoms with Crippen LogP contribution in [-0.2, 0) is 20.6 Å². The smallest absolute Gasteiger partial charge is 0.191 e. The normalized spacial score (nSPS) is 22.5. The van der Waals surface area contributed by atoms with Gasteiger partial charge < -0.3 is 29.3 Å². The first-order valence-corrected chi connectivity index (χ1v) is 9.24. The van der Waals surface area contributed by atoms with Crippen molar-refractivity contribution in [2.45, 2.75) is 38.1 Å². The lowest BCUT2D eigenvalue weighted by molar-refractivity contribution is -0.210. The van der Waals surface area contributed by atoms with Gasteiger partial charge in [-0.05, 0) is 19.1 Å². The van der Waals surface area contributed by atoms with Crippen LogP contribution < -0.4 is 10.6 Å². The van der Waals surface area contributed by atoms with Gasteiger partial charge in [0.15, 0.2) is 11.7 Å². The molecule has 2 N–H and O–H groups in total. The van der Waals surface area contributed by atoms with Gasteiger partial charge in [0.1, 0.15) is 11.9 Å². The summed E-state index contributed by atoms with van der Waals surface area (Å²) in [6, 6.07) is 3.87. The van der Waals surface area contributed by atoms with Crippen molar-refractivity contribution in [1.29, 1.82) is 0 Å². The lowest BCUT2D eigenvalue weighted by Crippen LogP contribution is -2.44. The summed E-state index contributed by atoms with van der Waals surface area (Å²) >= 11 is 0. The zero-order valence-corrected chi connectivity index (χ0v) is 15.5. The predicted octanol–water partition coefficient (Wildman–Crippen LogP) is 1.86. The highest BCUT2D eigenvalue weighted by Gasteiger charge is 2.42. The van der Waals surface area contributed by atoms with E-state index in [0.717, 1.165) is 43.1 Å². The highest BCUT2D eigenvalue weighted by molar-refractivity contribution is 5.79. The van der Waals surface area contributed by atoms with Crippen molar-refractivity contribution in [3.8, 4) is 0 Å². The second kappa shape index (κ2) is 9.21. The number of nitrogens with one attached hydrogen (secondary N) is 2. The van der Waals surface area contributed by atoms with E-state index in [2.05, 4.69) is 22.2 Å². The van der Waals surface area contributed by atoms with Crippen LogP contribution in [0.2, 0.25) is 0 Å². The minimum absolute atomic E-state index is 0.00926. The molecule has 0 saturated carbocycles. The molecule has 1 atom stereocenters. The van der Waals surface area contributed by atoms with Crippen LogP contribution in [0.25, 0.3) is 0 Å². The molecule has 7 heteroatoms. The molecule has 1 aromatic heterocycles. The Morgan fingerprint density at radius 1 is 1.35 bits per heavy atom. The van der Waals surface area contributed by atoms with Gasteiger partial charge >= 0.3 is 0 Å². The first kappa shape index (κ1) is 18.9. The first-order chi connectivity index (χ1) is 12.7.